The first-order valence-electron chi connectivity index (χ1n) is 4.25. The Morgan fingerprint density at radius 3 is 2.81 bits per heavy atom. The Hall–Kier alpha value is -2.55. The van der Waals surface area contributed by atoms with Crippen LogP contribution in [0.25, 0.3) is 0 Å². The predicted octanol–water partition coefficient (Wildman–Crippen LogP) is 1.00. The Morgan fingerprint density at radius 2 is 2.25 bits per heavy atom. The third kappa shape index (κ3) is 2.99. The third-order valence-electron chi connectivity index (χ3n) is 1.68. The van der Waals surface area contributed by atoms with Crippen LogP contribution in [0.3, 0.4) is 0 Å². The lowest BCUT2D eigenvalue weighted by Gasteiger charge is -1.96. The first-order chi connectivity index (χ1) is 7.50. The quantitative estimate of drug-likeness (QED) is 0.334. The minimum Gasteiger partial charge on any atom is -0.481 e. The van der Waals surface area contributed by atoms with Crippen LogP contribution < -0.4 is 5.73 Å². The first-order valence-corrected chi connectivity index (χ1v) is 4.25. The van der Waals surface area contributed by atoms with E-state index in [1.54, 1.807) is 0 Å². The number of nitrogens with two attached hydrogens (primary N) is 1. The van der Waals surface area contributed by atoms with E-state index in [2.05, 4.69) is 11.8 Å². The van der Waals surface area contributed by atoms with Crippen LogP contribution in [-0.2, 0) is 4.79 Å². The fourth-order valence-corrected chi connectivity index (χ4v) is 1.02. The topological polar surface area (TPSA) is 106 Å². The Labute approximate surface area is 90.8 Å². The molecular weight excluding hydrogens is 212 g/mol. The Balaban J connectivity index is 3.07. The number of nitrogen functional groups attached to an aromatic ring is 1. The summed E-state index contributed by atoms with van der Waals surface area (Å²) in [5.41, 5.74) is 5.58. The summed E-state index contributed by atoms with van der Waals surface area (Å²) in [6.45, 7) is 0. The molecular formula is C10H8N2O4. The fraction of sp³-hybridized carbons (Fsp3) is 0.100. The van der Waals surface area contributed by atoms with E-state index in [1.807, 2.05) is 0 Å². The van der Waals surface area contributed by atoms with Gasteiger partial charge in [-0.2, -0.15) is 0 Å². The van der Waals surface area contributed by atoms with Gasteiger partial charge in [-0.15, -0.1) is 0 Å². The minimum atomic E-state index is -1.08. The standard InChI is InChI=1S/C10H8N2O4/c11-8-5-4-7(2-1-3-10(13)14)9(6-8)12(15)16/h4-6H,3,11H2,(H,13,14). The molecule has 1 aromatic rings. The van der Waals surface area contributed by atoms with Gasteiger partial charge < -0.3 is 10.8 Å². The molecule has 0 aliphatic rings. The fourth-order valence-electron chi connectivity index (χ4n) is 1.02. The molecule has 0 saturated carbocycles. The molecule has 0 fully saturated rings. The molecule has 0 atom stereocenters. The monoisotopic (exact) mass is 220 g/mol. The van der Waals surface area contributed by atoms with Gasteiger partial charge in [0.25, 0.3) is 5.69 Å². The molecule has 0 spiro atoms. The molecule has 0 radical (unpaired) electrons. The van der Waals surface area contributed by atoms with Gasteiger partial charge in [-0.25, -0.2) is 0 Å². The lowest BCUT2D eigenvalue weighted by Crippen LogP contribution is -1.95. The van der Waals surface area contributed by atoms with Crippen molar-refractivity contribution in [3.63, 3.8) is 0 Å². The second kappa shape index (κ2) is 4.79. The number of rotatable bonds is 2. The zero-order valence-electron chi connectivity index (χ0n) is 8.14. The van der Waals surface area contributed by atoms with E-state index in [-0.39, 0.29) is 23.4 Å². The largest absolute Gasteiger partial charge is 0.481 e. The lowest BCUT2D eigenvalue weighted by atomic mass is 10.1. The minimum absolute atomic E-state index is 0.153. The van der Waals surface area contributed by atoms with Crippen molar-refractivity contribution in [3.8, 4) is 11.8 Å². The summed E-state index contributed by atoms with van der Waals surface area (Å²) in [4.78, 5) is 20.2. The molecule has 6 heteroatoms. The van der Waals surface area contributed by atoms with Crippen molar-refractivity contribution in [1.29, 1.82) is 0 Å². The summed E-state index contributed by atoms with van der Waals surface area (Å²) in [7, 11) is 0. The molecule has 0 unspecified atom stereocenters. The molecule has 0 aromatic heterocycles. The summed E-state index contributed by atoms with van der Waals surface area (Å²) in [6.07, 6.45) is -0.360. The van der Waals surface area contributed by atoms with Crippen LogP contribution in [-0.4, -0.2) is 16.0 Å². The normalized spacial score (nSPS) is 9.00. The molecule has 0 aliphatic carbocycles. The molecule has 82 valence electrons. The van der Waals surface area contributed by atoms with Crippen LogP contribution >= 0.6 is 0 Å². The predicted molar refractivity (Wildman–Crippen MR) is 56.6 cm³/mol. The average molecular weight is 220 g/mol. The molecule has 1 aromatic carbocycles. The van der Waals surface area contributed by atoms with Gasteiger partial charge in [0.1, 0.15) is 12.0 Å². The second-order valence-corrected chi connectivity index (χ2v) is 2.91. The number of carbonyl (C=O) groups is 1. The molecule has 0 heterocycles. The number of hydrogen-bond donors (Lipinski definition) is 2. The number of aliphatic carboxylic acids is 1. The van der Waals surface area contributed by atoms with E-state index in [4.69, 9.17) is 10.8 Å². The number of hydrogen-bond acceptors (Lipinski definition) is 4. The van der Waals surface area contributed by atoms with Gasteiger partial charge in [-0.05, 0) is 12.1 Å². The Kier molecular flexibility index (Phi) is 3.45. The van der Waals surface area contributed by atoms with Crippen molar-refractivity contribution in [3.05, 3.63) is 33.9 Å². The van der Waals surface area contributed by atoms with E-state index in [9.17, 15) is 14.9 Å². The third-order valence-corrected chi connectivity index (χ3v) is 1.68. The second-order valence-electron chi connectivity index (χ2n) is 2.91. The highest BCUT2D eigenvalue weighted by molar-refractivity contribution is 5.70. The van der Waals surface area contributed by atoms with E-state index in [1.165, 1.54) is 18.2 Å². The first kappa shape index (κ1) is 11.5. The SMILES string of the molecule is Nc1ccc(C#CCC(=O)O)c([N+](=O)[O-])c1. The average Bonchev–Trinajstić information content (AvgIpc) is 2.19. The maximum absolute atomic E-state index is 10.6. The highest BCUT2D eigenvalue weighted by Crippen LogP contribution is 2.20. The zero-order valence-corrected chi connectivity index (χ0v) is 8.14. The van der Waals surface area contributed by atoms with E-state index >= 15 is 0 Å². The summed E-state index contributed by atoms with van der Waals surface area (Å²) in [6, 6.07) is 4.05. The molecule has 0 bridgehead atoms. The van der Waals surface area contributed by atoms with Crippen LogP contribution in [0.1, 0.15) is 12.0 Å². The summed E-state index contributed by atoms with van der Waals surface area (Å²) >= 11 is 0. The van der Waals surface area contributed by atoms with Crippen LogP contribution in [0.5, 0.6) is 0 Å². The van der Waals surface area contributed by atoms with Crippen LogP contribution in [0.2, 0.25) is 0 Å². The van der Waals surface area contributed by atoms with Gasteiger partial charge in [0, 0.05) is 11.8 Å². The van der Waals surface area contributed by atoms with Crippen molar-refractivity contribution in [2.24, 2.45) is 0 Å². The van der Waals surface area contributed by atoms with E-state index in [0.29, 0.717) is 0 Å². The zero-order chi connectivity index (χ0) is 12.1. The Bertz CT molecular complexity index is 499. The highest BCUT2D eigenvalue weighted by atomic mass is 16.6. The van der Waals surface area contributed by atoms with Crippen molar-refractivity contribution >= 4 is 17.3 Å². The van der Waals surface area contributed by atoms with E-state index in [0.717, 1.165) is 0 Å². The highest BCUT2D eigenvalue weighted by Gasteiger charge is 2.11. The number of benzene rings is 1. The van der Waals surface area contributed by atoms with Crippen molar-refractivity contribution in [2.45, 2.75) is 6.42 Å². The van der Waals surface area contributed by atoms with Crippen molar-refractivity contribution < 1.29 is 14.8 Å². The van der Waals surface area contributed by atoms with Crippen molar-refractivity contribution in [2.75, 3.05) is 5.73 Å². The van der Waals surface area contributed by atoms with Gasteiger partial charge >= 0.3 is 5.97 Å². The molecule has 6 nitrogen and oxygen atoms in total. The molecule has 0 amide bonds. The summed E-state index contributed by atoms with van der Waals surface area (Å²) in [5, 5.41) is 19.0. The van der Waals surface area contributed by atoms with Crippen LogP contribution in [0.15, 0.2) is 18.2 Å². The van der Waals surface area contributed by atoms with Gasteiger partial charge in [0.2, 0.25) is 0 Å². The van der Waals surface area contributed by atoms with Gasteiger partial charge in [0.15, 0.2) is 0 Å². The van der Waals surface area contributed by atoms with Gasteiger partial charge in [-0.3, -0.25) is 14.9 Å². The number of nitrogens with zero attached hydrogens (tertiary/aromatic N) is 1. The molecule has 0 saturated heterocycles. The summed E-state index contributed by atoms with van der Waals surface area (Å²) in [5.74, 6) is 3.67. The molecule has 1 rings (SSSR count). The Morgan fingerprint density at radius 1 is 1.56 bits per heavy atom. The molecule has 16 heavy (non-hydrogen) atoms. The van der Waals surface area contributed by atoms with Crippen LogP contribution in [0, 0.1) is 22.0 Å². The number of nitro groups is 1. The molecule has 3 N–H and O–H groups in total. The maximum atomic E-state index is 10.6. The van der Waals surface area contributed by atoms with Gasteiger partial charge in [0.05, 0.1) is 4.92 Å². The maximum Gasteiger partial charge on any atom is 0.315 e. The lowest BCUT2D eigenvalue weighted by molar-refractivity contribution is -0.385. The number of carboxylic acid groups (broad SMARTS) is 1. The van der Waals surface area contributed by atoms with Crippen molar-refractivity contribution in [1.82, 2.24) is 0 Å². The smallest absolute Gasteiger partial charge is 0.315 e. The molecule has 0 aliphatic heterocycles. The summed E-state index contributed by atoms with van der Waals surface area (Å²) < 4.78 is 0. The van der Waals surface area contributed by atoms with Crippen LogP contribution in [0.4, 0.5) is 11.4 Å². The number of nitro benzene ring substituents is 1. The number of anilines is 1. The van der Waals surface area contributed by atoms with E-state index < -0.39 is 10.9 Å². The van der Waals surface area contributed by atoms with Gasteiger partial charge in [-0.1, -0.05) is 11.8 Å². The number of carboxylic acids is 1.